The van der Waals surface area contributed by atoms with E-state index in [-0.39, 0.29) is 17.6 Å². The van der Waals surface area contributed by atoms with Gasteiger partial charge < -0.3 is 9.73 Å². The summed E-state index contributed by atoms with van der Waals surface area (Å²) in [6.07, 6.45) is 2.21. The molecule has 2 heterocycles. The number of hydrazone groups is 1. The Morgan fingerprint density at radius 1 is 0.972 bits per heavy atom. The number of carbonyl (C=O) groups excluding carboxylic acids is 2. The molecule has 7 heteroatoms. The van der Waals surface area contributed by atoms with Crippen LogP contribution in [0.2, 0.25) is 0 Å². The van der Waals surface area contributed by atoms with Gasteiger partial charge in [-0.3, -0.25) is 9.59 Å². The number of nitrogens with zero attached hydrogens (tertiary/aromatic N) is 2. The summed E-state index contributed by atoms with van der Waals surface area (Å²) >= 11 is 0. The molecule has 36 heavy (non-hydrogen) atoms. The maximum atomic E-state index is 13.0. The molecule has 2 aromatic heterocycles. The molecule has 1 aliphatic rings. The van der Waals surface area contributed by atoms with Crippen LogP contribution in [0.15, 0.2) is 70.2 Å². The van der Waals surface area contributed by atoms with Crippen molar-refractivity contribution in [3.05, 3.63) is 94.6 Å². The molecule has 7 nitrogen and oxygen atoms in total. The Balaban J connectivity index is 1.35. The van der Waals surface area contributed by atoms with Gasteiger partial charge in [0.15, 0.2) is 5.76 Å². The third kappa shape index (κ3) is 4.64. The van der Waals surface area contributed by atoms with E-state index in [1.807, 2.05) is 61.5 Å². The van der Waals surface area contributed by atoms with Crippen LogP contribution >= 0.6 is 0 Å². The Morgan fingerprint density at radius 2 is 1.75 bits per heavy atom. The Labute approximate surface area is 209 Å². The van der Waals surface area contributed by atoms with E-state index in [2.05, 4.69) is 34.7 Å². The van der Waals surface area contributed by atoms with Crippen molar-refractivity contribution in [2.75, 3.05) is 5.32 Å². The van der Waals surface area contributed by atoms with Crippen LogP contribution in [0.1, 0.15) is 76.1 Å². The van der Waals surface area contributed by atoms with Crippen LogP contribution in [0.5, 0.6) is 0 Å². The van der Waals surface area contributed by atoms with Crippen LogP contribution < -0.4 is 10.7 Å². The summed E-state index contributed by atoms with van der Waals surface area (Å²) in [6, 6.07) is 19.0. The lowest BCUT2D eigenvalue weighted by molar-refractivity contribution is 0.0949. The van der Waals surface area contributed by atoms with E-state index in [0.717, 1.165) is 34.2 Å². The minimum absolute atomic E-state index is 0.269. The first-order valence-electron chi connectivity index (χ1n) is 12.2. The number of aromatic nitrogens is 1. The van der Waals surface area contributed by atoms with Gasteiger partial charge in [-0.05, 0) is 55.5 Å². The standard InChI is InChI=1S/C29H28N4O3/c1-17(2)19-11-14-21(15-12-19)30-29(35)27-18(3)26-23(9-6-10-25(26)36-27)32-33-28(34)24-16-13-20-7-4-5-8-22(20)31-24/h4-5,7-8,11-17H,6,9-10H2,1-3H3,(H,30,35)(H,33,34)/b32-23+. The number of hydrogen-bond acceptors (Lipinski definition) is 5. The van der Waals surface area contributed by atoms with Gasteiger partial charge in [0, 0.05) is 28.6 Å². The molecular weight excluding hydrogens is 452 g/mol. The fourth-order valence-electron chi connectivity index (χ4n) is 4.50. The van der Waals surface area contributed by atoms with Crippen molar-refractivity contribution in [3.8, 4) is 0 Å². The number of hydrogen-bond donors (Lipinski definition) is 2. The predicted molar refractivity (Wildman–Crippen MR) is 141 cm³/mol. The fourth-order valence-corrected chi connectivity index (χ4v) is 4.50. The number of carbonyl (C=O) groups is 2. The van der Waals surface area contributed by atoms with E-state index in [1.54, 1.807) is 6.07 Å². The quantitative estimate of drug-likeness (QED) is 0.343. The molecule has 0 fully saturated rings. The number of benzene rings is 2. The van der Waals surface area contributed by atoms with Crippen molar-refractivity contribution in [1.82, 2.24) is 10.4 Å². The van der Waals surface area contributed by atoms with Gasteiger partial charge in [-0.25, -0.2) is 10.4 Å². The minimum atomic E-state index is -0.385. The molecule has 182 valence electrons. The highest BCUT2D eigenvalue weighted by atomic mass is 16.4. The summed E-state index contributed by atoms with van der Waals surface area (Å²) in [6.45, 7) is 6.11. The molecule has 0 saturated carbocycles. The number of rotatable bonds is 5. The zero-order valence-corrected chi connectivity index (χ0v) is 20.6. The van der Waals surface area contributed by atoms with Crippen molar-refractivity contribution in [1.29, 1.82) is 0 Å². The normalized spacial score (nSPS) is 14.2. The SMILES string of the molecule is Cc1c(C(=O)Nc2ccc(C(C)C)cc2)oc2c1/C(=N/NC(=O)c1ccc3ccccc3n1)CCC2. The maximum Gasteiger partial charge on any atom is 0.291 e. The van der Waals surface area contributed by atoms with E-state index in [1.165, 1.54) is 5.56 Å². The van der Waals surface area contributed by atoms with Crippen LogP contribution in [-0.4, -0.2) is 22.5 Å². The predicted octanol–water partition coefficient (Wildman–Crippen LogP) is 5.98. The summed E-state index contributed by atoms with van der Waals surface area (Å²) in [5, 5.41) is 8.30. The summed E-state index contributed by atoms with van der Waals surface area (Å²) in [4.78, 5) is 30.2. The van der Waals surface area contributed by atoms with Crippen LogP contribution in [0.3, 0.4) is 0 Å². The number of para-hydroxylation sites is 1. The van der Waals surface area contributed by atoms with Gasteiger partial charge >= 0.3 is 0 Å². The lowest BCUT2D eigenvalue weighted by Crippen LogP contribution is -2.23. The molecule has 1 aliphatic carbocycles. The zero-order valence-electron chi connectivity index (χ0n) is 20.6. The molecule has 2 amide bonds. The minimum Gasteiger partial charge on any atom is -0.455 e. The Morgan fingerprint density at radius 3 is 2.53 bits per heavy atom. The summed E-state index contributed by atoms with van der Waals surface area (Å²) < 4.78 is 5.98. The molecule has 5 rings (SSSR count). The highest BCUT2D eigenvalue weighted by molar-refractivity contribution is 6.09. The van der Waals surface area contributed by atoms with E-state index in [0.29, 0.717) is 35.9 Å². The van der Waals surface area contributed by atoms with E-state index >= 15 is 0 Å². The maximum absolute atomic E-state index is 13.0. The van der Waals surface area contributed by atoms with Gasteiger partial charge in [0.05, 0.1) is 11.2 Å². The van der Waals surface area contributed by atoms with Gasteiger partial charge in [0.2, 0.25) is 0 Å². The van der Waals surface area contributed by atoms with E-state index < -0.39 is 0 Å². The number of aryl methyl sites for hydroxylation is 1. The van der Waals surface area contributed by atoms with Crippen LogP contribution in [0.25, 0.3) is 10.9 Å². The van der Waals surface area contributed by atoms with E-state index in [4.69, 9.17) is 4.42 Å². The third-order valence-electron chi connectivity index (χ3n) is 6.49. The Hall–Kier alpha value is -4.26. The lowest BCUT2D eigenvalue weighted by atomic mass is 9.93. The van der Waals surface area contributed by atoms with Gasteiger partial charge in [-0.15, -0.1) is 0 Å². The molecule has 4 aromatic rings. The van der Waals surface area contributed by atoms with E-state index in [9.17, 15) is 9.59 Å². The van der Waals surface area contributed by atoms with Crippen LogP contribution in [0.4, 0.5) is 5.69 Å². The molecule has 0 bridgehead atoms. The fraction of sp³-hybridized carbons (Fsp3) is 0.241. The second-order valence-electron chi connectivity index (χ2n) is 9.33. The van der Waals surface area contributed by atoms with Gasteiger partial charge in [-0.2, -0.15) is 5.10 Å². The smallest absolute Gasteiger partial charge is 0.291 e. The molecule has 0 radical (unpaired) electrons. The second-order valence-corrected chi connectivity index (χ2v) is 9.33. The summed E-state index contributed by atoms with van der Waals surface area (Å²) in [7, 11) is 0. The highest BCUT2D eigenvalue weighted by Crippen LogP contribution is 2.30. The molecular formula is C29H28N4O3. The summed E-state index contributed by atoms with van der Waals surface area (Å²) in [5.41, 5.74) is 7.82. The van der Waals surface area contributed by atoms with Crippen LogP contribution in [0, 0.1) is 6.92 Å². The number of nitrogens with one attached hydrogen (secondary N) is 2. The van der Waals surface area contributed by atoms with Crippen molar-refractivity contribution < 1.29 is 14.0 Å². The molecule has 2 aromatic carbocycles. The van der Waals surface area contributed by atoms with Crippen LogP contribution in [-0.2, 0) is 6.42 Å². The number of pyridine rings is 1. The second kappa shape index (κ2) is 9.77. The number of fused-ring (bicyclic) bond motifs is 2. The van der Waals surface area contributed by atoms with Gasteiger partial charge in [0.25, 0.3) is 11.8 Å². The summed E-state index contributed by atoms with van der Waals surface area (Å²) in [5.74, 6) is 0.720. The van der Waals surface area contributed by atoms with Crippen molar-refractivity contribution in [2.24, 2.45) is 5.10 Å². The molecule has 0 spiro atoms. The molecule has 0 atom stereocenters. The first-order chi connectivity index (χ1) is 17.4. The number of amides is 2. The van der Waals surface area contributed by atoms with Gasteiger partial charge in [-0.1, -0.05) is 50.2 Å². The Kier molecular flexibility index (Phi) is 6.38. The molecule has 0 aliphatic heterocycles. The zero-order chi connectivity index (χ0) is 25.2. The largest absolute Gasteiger partial charge is 0.455 e. The lowest BCUT2D eigenvalue weighted by Gasteiger charge is -2.13. The van der Waals surface area contributed by atoms with Gasteiger partial charge in [0.1, 0.15) is 11.5 Å². The number of anilines is 1. The third-order valence-corrected chi connectivity index (χ3v) is 6.49. The average Bonchev–Trinajstić information content (AvgIpc) is 3.24. The average molecular weight is 481 g/mol. The monoisotopic (exact) mass is 480 g/mol. The Bertz CT molecular complexity index is 1480. The highest BCUT2D eigenvalue weighted by Gasteiger charge is 2.28. The van der Waals surface area contributed by atoms with Crippen molar-refractivity contribution in [3.63, 3.8) is 0 Å². The molecule has 0 unspecified atom stereocenters. The topological polar surface area (TPSA) is 96.6 Å². The first-order valence-corrected chi connectivity index (χ1v) is 12.2. The van der Waals surface area contributed by atoms with Crippen molar-refractivity contribution in [2.45, 2.75) is 46.0 Å². The molecule has 0 saturated heterocycles. The molecule has 2 N–H and O–H groups in total. The number of furan rings is 1. The van der Waals surface area contributed by atoms with Crippen molar-refractivity contribution >= 4 is 34.1 Å². The first kappa shape index (κ1) is 23.5.